The number of sulfonamides is 1. The van der Waals surface area contributed by atoms with Crippen LogP contribution in [0.15, 0.2) is 40.2 Å². The molecule has 0 aliphatic heterocycles. The summed E-state index contributed by atoms with van der Waals surface area (Å²) in [5.41, 5.74) is 0. The number of aromatic nitrogens is 2. The van der Waals surface area contributed by atoms with Crippen LogP contribution in [-0.4, -0.2) is 30.7 Å². The maximum absolute atomic E-state index is 12.1. The van der Waals surface area contributed by atoms with Gasteiger partial charge in [0.05, 0.1) is 11.2 Å². The van der Waals surface area contributed by atoms with E-state index in [1.165, 1.54) is 12.4 Å². The molecule has 0 amide bonds. The molecule has 2 heterocycles. The molecule has 0 saturated heterocycles. The summed E-state index contributed by atoms with van der Waals surface area (Å²) in [6.45, 7) is 0. The smallest absolute Gasteiger partial charge is 0.245 e. The second kappa shape index (κ2) is 6.86. The van der Waals surface area contributed by atoms with Crippen LogP contribution in [0.1, 0.15) is 25.7 Å². The van der Waals surface area contributed by atoms with E-state index < -0.39 is 10.0 Å². The zero-order valence-corrected chi connectivity index (χ0v) is 13.8. The highest BCUT2D eigenvalue weighted by molar-refractivity contribution is 7.89. The third-order valence-corrected chi connectivity index (χ3v) is 5.39. The molecule has 0 radical (unpaired) electrons. The van der Waals surface area contributed by atoms with E-state index in [2.05, 4.69) is 19.4 Å². The highest BCUT2D eigenvalue weighted by Gasteiger charge is 2.27. The number of nitrogens with zero attached hydrogens (tertiary/aromatic N) is 2. The van der Waals surface area contributed by atoms with Gasteiger partial charge < -0.3 is 9.26 Å². The molecule has 2 aromatic rings. The Bertz CT molecular complexity index is 726. The van der Waals surface area contributed by atoms with Crippen LogP contribution in [0.5, 0.6) is 5.88 Å². The van der Waals surface area contributed by atoms with Gasteiger partial charge >= 0.3 is 0 Å². The van der Waals surface area contributed by atoms with Crippen LogP contribution >= 0.6 is 11.6 Å². The van der Waals surface area contributed by atoms with Crippen molar-refractivity contribution >= 4 is 21.6 Å². The van der Waals surface area contributed by atoms with E-state index in [0.29, 0.717) is 23.7 Å². The third-order valence-electron chi connectivity index (χ3n) is 3.70. The molecule has 0 atom stereocenters. The molecule has 1 N–H and O–H groups in total. The Balaban J connectivity index is 1.51. The van der Waals surface area contributed by atoms with Gasteiger partial charge in [-0.15, -0.1) is 0 Å². The average Bonchev–Trinajstić information content (AvgIpc) is 3.07. The molecule has 9 heteroatoms. The lowest BCUT2D eigenvalue weighted by molar-refractivity contribution is 0.138. The molecular formula is C14H16ClN3O4S. The zero-order valence-electron chi connectivity index (χ0n) is 12.2. The molecule has 1 saturated carbocycles. The van der Waals surface area contributed by atoms with Crippen LogP contribution in [0.4, 0.5) is 0 Å². The highest BCUT2D eigenvalue weighted by Crippen LogP contribution is 2.24. The van der Waals surface area contributed by atoms with Crippen LogP contribution in [0, 0.1) is 0 Å². The van der Waals surface area contributed by atoms with Gasteiger partial charge in [-0.1, -0.05) is 16.8 Å². The Hall–Kier alpha value is -1.64. The molecule has 1 aliphatic carbocycles. The SMILES string of the molecule is O=S(=O)(NC1CCC(Oc2ccc(Cl)cn2)CC1)c1cnoc1. The molecule has 3 rings (SSSR count). The molecule has 7 nitrogen and oxygen atoms in total. The topological polar surface area (TPSA) is 94.3 Å². The molecule has 124 valence electrons. The monoisotopic (exact) mass is 357 g/mol. The highest BCUT2D eigenvalue weighted by atomic mass is 35.5. The number of hydrogen-bond donors (Lipinski definition) is 1. The summed E-state index contributed by atoms with van der Waals surface area (Å²) >= 11 is 5.78. The summed E-state index contributed by atoms with van der Waals surface area (Å²) in [5, 5.41) is 3.98. The minimum Gasteiger partial charge on any atom is -0.474 e. The first-order valence-electron chi connectivity index (χ1n) is 7.23. The standard InChI is InChI=1S/C14H16ClN3O4S/c15-10-1-6-14(16-7-10)22-12-4-2-11(3-5-12)18-23(19,20)13-8-17-21-9-13/h1,6-9,11-12,18H,2-5H2. The van der Waals surface area contributed by atoms with E-state index in [0.717, 1.165) is 19.1 Å². The van der Waals surface area contributed by atoms with Crippen molar-refractivity contribution in [3.63, 3.8) is 0 Å². The van der Waals surface area contributed by atoms with Crippen molar-refractivity contribution < 1.29 is 17.7 Å². The summed E-state index contributed by atoms with van der Waals surface area (Å²) < 4.78 is 37.2. The fourth-order valence-corrected chi connectivity index (χ4v) is 3.79. The molecule has 0 spiro atoms. The Labute approximate surface area is 139 Å². The summed E-state index contributed by atoms with van der Waals surface area (Å²) in [6.07, 6.45) is 6.76. The second-order valence-electron chi connectivity index (χ2n) is 5.39. The van der Waals surface area contributed by atoms with Crippen LogP contribution in [-0.2, 0) is 10.0 Å². The predicted octanol–water partition coefficient (Wildman–Crippen LogP) is 2.39. The van der Waals surface area contributed by atoms with Crippen molar-refractivity contribution in [2.75, 3.05) is 0 Å². The van der Waals surface area contributed by atoms with Gasteiger partial charge in [-0.3, -0.25) is 0 Å². The molecule has 1 fully saturated rings. The van der Waals surface area contributed by atoms with Gasteiger partial charge in [-0.25, -0.2) is 18.1 Å². The lowest BCUT2D eigenvalue weighted by atomic mass is 9.94. The van der Waals surface area contributed by atoms with Crippen molar-refractivity contribution in [3.8, 4) is 5.88 Å². The third kappa shape index (κ3) is 4.21. The van der Waals surface area contributed by atoms with Crippen molar-refractivity contribution in [2.45, 2.75) is 42.7 Å². The van der Waals surface area contributed by atoms with Crippen LogP contribution in [0.25, 0.3) is 0 Å². The van der Waals surface area contributed by atoms with E-state index >= 15 is 0 Å². The number of hydrogen-bond acceptors (Lipinski definition) is 6. The minimum atomic E-state index is -3.57. The first-order chi connectivity index (χ1) is 11.0. The van der Waals surface area contributed by atoms with E-state index in [4.69, 9.17) is 16.3 Å². The van der Waals surface area contributed by atoms with Gasteiger partial charge in [0.1, 0.15) is 17.3 Å². The normalized spacial score (nSPS) is 22.0. The van der Waals surface area contributed by atoms with Gasteiger partial charge in [0.2, 0.25) is 15.9 Å². The Morgan fingerprint density at radius 1 is 1.22 bits per heavy atom. The lowest BCUT2D eigenvalue weighted by Crippen LogP contribution is -2.39. The summed E-state index contributed by atoms with van der Waals surface area (Å²) in [4.78, 5) is 4.14. The summed E-state index contributed by atoms with van der Waals surface area (Å²) in [5.74, 6) is 0.530. The average molecular weight is 358 g/mol. The molecular weight excluding hydrogens is 342 g/mol. The van der Waals surface area contributed by atoms with E-state index in [1.807, 2.05) is 0 Å². The van der Waals surface area contributed by atoms with Crippen molar-refractivity contribution in [1.29, 1.82) is 0 Å². The van der Waals surface area contributed by atoms with E-state index in [-0.39, 0.29) is 17.0 Å². The maximum Gasteiger partial charge on any atom is 0.245 e. The van der Waals surface area contributed by atoms with Gasteiger partial charge in [-0.2, -0.15) is 0 Å². The Kier molecular flexibility index (Phi) is 4.84. The molecule has 1 aliphatic rings. The Morgan fingerprint density at radius 2 is 2.00 bits per heavy atom. The van der Waals surface area contributed by atoms with E-state index in [1.54, 1.807) is 12.1 Å². The predicted molar refractivity (Wildman–Crippen MR) is 82.7 cm³/mol. The number of halogens is 1. The quantitative estimate of drug-likeness (QED) is 0.882. The largest absolute Gasteiger partial charge is 0.474 e. The van der Waals surface area contributed by atoms with Crippen molar-refractivity contribution in [3.05, 3.63) is 35.8 Å². The molecule has 0 bridgehead atoms. The number of rotatable bonds is 5. The fourth-order valence-electron chi connectivity index (χ4n) is 2.52. The van der Waals surface area contributed by atoms with Gasteiger partial charge in [0.25, 0.3) is 0 Å². The van der Waals surface area contributed by atoms with Crippen molar-refractivity contribution in [2.24, 2.45) is 0 Å². The van der Waals surface area contributed by atoms with Gasteiger partial charge in [-0.05, 0) is 31.7 Å². The van der Waals surface area contributed by atoms with Crippen LogP contribution in [0.3, 0.4) is 0 Å². The fraction of sp³-hybridized carbons (Fsp3) is 0.429. The molecule has 0 aromatic carbocycles. The van der Waals surface area contributed by atoms with E-state index in [9.17, 15) is 8.42 Å². The molecule has 0 unspecified atom stereocenters. The van der Waals surface area contributed by atoms with Crippen molar-refractivity contribution in [1.82, 2.24) is 14.9 Å². The zero-order chi connectivity index (χ0) is 16.3. The second-order valence-corrected chi connectivity index (χ2v) is 7.54. The van der Waals surface area contributed by atoms with Crippen LogP contribution in [0.2, 0.25) is 5.02 Å². The Morgan fingerprint density at radius 3 is 2.61 bits per heavy atom. The number of ether oxygens (including phenoxy) is 1. The van der Waals surface area contributed by atoms with Crippen LogP contribution < -0.4 is 9.46 Å². The lowest BCUT2D eigenvalue weighted by Gasteiger charge is -2.28. The minimum absolute atomic E-state index is 0.0278. The molecule has 23 heavy (non-hydrogen) atoms. The number of nitrogens with one attached hydrogen (secondary N) is 1. The summed E-state index contributed by atoms with van der Waals surface area (Å²) in [7, 11) is -3.57. The number of pyridine rings is 1. The maximum atomic E-state index is 12.1. The van der Waals surface area contributed by atoms with Gasteiger partial charge in [0.15, 0.2) is 0 Å². The first kappa shape index (κ1) is 16.2. The first-order valence-corrected chi connectivity index (χ1v) is 9.09. The van der Waals surface area contributed by atoms with Gasteiger partial charge in [0, 0.05) is 18.3 Å². The molecule has 2 aromatic heterocycles. The summed E-state index contributed by atoms with van der Waals surface area (Å²) in [6, 6.07) is 3.33.